The number of piperidine rings is 1. The topological polar surface area (TPSA) is 32.3 Å². The highest BCUT2D eigenvalue weighted by molar-refractivity contribution is 5.94. The van der Waals surface area contributed by atoms with E-state index in [1.165, 1.54) is 56.5 Å². The summed E-state index contributed by atoms with van der Waals surface area (Å²) in [6, 6.07) is 8.14. The van der Waals surface area contributed by atoms with Gasteiger partial charge in [-0.05, 0) is 67.6 Å². The number of hydrogen-bond donors (Lipinski definition) is 1. The number of amides is 1. The van der Waals surface area contributed by atoms with Gasteiger partial charge in [-0.1, -0.05) is 59.2 Å². The van der Waals surface area contributed by atoms with Gasteiger partial charge in [0.05, 0.1) is 0 Å². The summed E-state index contributed by atoms with van der Waals surface area (Å²) in [6.07, 6.45) is 9.67. The van der Waals surface area contributed by atoms with Crippen molar-refractivity contribution < 1.29 is 4.79 Å². The van der Waals surface area contributed by atoms with E-state index in [-0.39, 0.29) is 5.91 Å². The van der Waals surface area contributed by atoms with Crippen LogP contribution in [0, 0.1) is 11.3 Å². The van der Waals surface area contributed by atoms with Gasteiger partial charge >= 0.3 is 0 Å². The van der Waals surface area contributed by atoms with Crippen LogP contribution in [0.25, 0.3) is 0 Å². The van der Waals surface area contributed by atoms with E-state index < -0.39 is 0 Å². The highest BCUT2D eigenvalue weighted by atomic mass is 16.1. The lowest BCUT2D eigenvalue weighted by Gasteiger charge is -2.36. The smallest absolute Gasteiger partial charge is 0.251 e. The summed E-state index contributed by atoms with van der Waals surface area (Å²) in [7, 11) is 0. The van der Waals surface area contributed by atoms with Crippen molar-refractivity contribution >= 4 is 5.91 Å². The van der Waals surface area contributed by atoms with Crippen LogP contribution >= 0.6 is 0 Å². The van der Waals surface area contributed by atoms with Gasteiger partial charge in [-0.15, -0.1) is 0 Å². The number of likely N-dealkylation sites (tertiary alicyclic amines) is 1. The molecule has 1 amide bonds. The summed E-state index contributed by atoms with van der Waals surface area (Å²) >= 11 is 0. The molecule has 29 heavy (non-hydrogen) atoms. The molecule has 1 aromatic rings. The summed E-state index contributed by atoms with van der Waals surface area (Å²) < 4.78 is 0. The molecular formula is C26H42N2O. The Morgan fingerprint density at radius 1 is 1.14 bits per heavy atom. The molecule has 3 nitrogen and oxygen atoms in total. The second kappa shape index (κ2) is 11.4. The number of benzene rings is 1. The molecule has 3 heteroatoms. The molecule has 1 saturated heterocycles. The van der Waals surface area contributed by atoms with E-state index in [0.717, 1.165) is 37.3 Å². The largest absolute Gasteiger partial charge is 0.375 e. The normalized spacial score (nSPS) is 15.4. The van der Waals surface area contributed by atoms with E-state index in [2.05, 4.69) is 56.6 Å². The van der Waals surface area contributed by atoms with Crippen LogP contribution < -0.4 is 5.32 Å². The van der Waals surface area contributed by atoms with Crippen molar-refractivity contribution in [3.05, 3.63) is 47.7 Å². The molecule has 2 rings (SSSR count). The van der Waals surface area contributed by atoms with E-state index in [9.17, 15) is 4.79 Å². The van der Waals surface area contributed by atoms with Crippen LogP contribution in [0.15, 0.2) is 36.5 Å². The van der Waals surface area contributed by atoms with Gasteiger partial charge in [-0.3, -0.25) is 4.79 Å². The third-order valence-electron chi connectivity index (χ3n) is 5.88. The Morgan fingerprint density at radius 2 is 1.79 bits per heavy atom. The number of rotatable bonds is 10. The second-order valence-corrected chi connectivity index (χ2v) is 9.93. The van der Waals surface area contributed by atoms with Gasteiger partial charge in [0.2, 0.25) is 0 Å². The maximum atomic E-state index is 12.0. The fourth-order valence-corrected chi connectivity index (χ4v) is 4.19. The molecule has 0 saturated carbocycles. The molecule has 162 valence electrons. The first-order valence-corrected chi connectivity index (χ1v) is 11.6. The zero-order valence-corrected chi connectivity index (χ0v) is 19.2. The van der Waals surface area contributed by atoms with Crippen molar-refractivity contribution in [1.29, 1.82) is 0 Å². The number of carbonyl (C=O) groups excluding carboxylic acids is 1. The summed E-state index contributed by atoms with van der Waals surface area (Å²) in [5, 5.41) is 2.93. The van der Waals surface area contributed by atoms with Crippen molar-refractivity contribution in [3.63, 3.8) is 0 Å². The lowest BCUT2D eigenvalue weighted by atomic mass is 9.88. The van der Waals surface area contributed by atoms with Gasteiger partial charge in [0, 0.05) is 30.9 Å². The Morgan fingerprint density at radius 3 is 2.38 bits per heavy atom. The molecule has 0 aromatic heterocycles. The van der Waals surface area contributed by atoms with Crippen LogP contribution in [0.1, 0.15) is 88.6 Å². The average molecular weight is 399 g/mol. The monoisotopic (exact) mass is 398 g/mol. The molecule has 0 unspecified atom stereocenters. The quantitative estimate of drug-likeness (QED) is 0.476. The van der Waals surface area contributed by atoms with E-state index in [1.807, 2.05) is 12.1 Å². The van der Waals surface area contributed by atoms with Crippen LogP contribution in [0.4, 0.5) is 0 Å². The zero-order valence-electron chi connectivity index (χ0n) is 19.2. The first kappa shape index (κ1) is 23.5. The summed E-state index contributed by atoms with van der Waals surface area (Å²) in [4.78, 5) is 14.5. The van der Waals surface area contributed by atoms with Crippen molar-refractivity contribution in [3.8, 4) is 0 Å². The average Bonchev–Trinajstić information content (AvgIpc) is 2.69. The predicted octanol–water partition coefficient (Wildman–Crippen LogP) is 6.20. The number of unbranched alkanes of at least 4 members (excludes halogenated alkanes) is 1. The van der Waals surface area contributed by atoms with Crippen LogP contribution in [-0.4, -0.2) is 30.4 Å². The number of nitrogens with zero attached hydrogens (tertiary/aromatic N) is 1. The molecule has 1 fully saturated rings. The summed E-state index contributed by atoms with van der Waals surface area (Å²) in [5.41, 5.74) is 3.75. The van der Waals surface area contributed by atoms with E-state index in [0.29, 0.717) is 5.41 Å². The van der Waals surface area contributed by atoms with E-state index >= 15 is 0 Å². The van der Waals surface area contributed by atoms with Crippen molar-refractivity contribution in [2.45, 2.75) is 79.1 Å². The van der Waals surface area contributed by atoms with E-state index in [1.54, 1.807) is 0 Å². The molecule has 1 N–H and O–H groups in total. The summed E-state index contributed by atoms with van der Waals surface area (Å²) in [5.74, 6) is 0.910. The molecule has 1 heterocycles. The fourth-order valence-electron chi connectivity index (χ4n) is 4.19. The molecule has 0 aliphatic carbocycles. The molecule has 1 aliphatic rings. The molecule has 0 spiro atoms. The van der Waals surface area contributed by atoms with Crippen LogP contribution in [0.5, 0.6) is 0 Å². The molecular weight excluding hydrogens is 356 g/mol. The minimum Gasteiger partial charge on any atom is -0.375 e. The first-order valence-electron chi connectivity index (χ1n) is 11.6. The standard InChI is InChI=1S/C26H42N2O/c1-6-17-27-25(29)24-13-11-22(12-14-24)9-7-8-10-23-15-18-28(19-16-23)21(2)20-26(3,4)5/h11-14,23H,2,6-10,15-20H2,1,3-5H3,(H,27,29). The predicted molar refractivity (Wildman–Crippen MR) is 124 cm³/mol. The molecule has 0 atom stereocenters. The van der Waals surface area contributed by atoms with Crippen LogP contribution in [-0.2, 0) is 6.42 Å². The van der Waals surface area contributed by atoms with Gasteiger partial charge in [0.15, 0.2) is 0 Å². The minimum absolute atomic E-state index is 0.0370. The molecule has 1 aliphatic heterocycles. The minimum atomic E-state index is 0.0370. The van der Waals surface area contributed by atoms with Gasteiger partial charge in [-0.2, -0.15) is 0 Å². The first-order chi connectivity index (χ1) is 13.8. The van der Waals surface area contributed by atoms with Crippen LogP contribution in [0.2, 0.25) is 0 Å². The van der Waals surface area contributed by atoms with Gasteiger partial charge in [0.25, 0.3) is 5.91 Å². The maximum Gasteiger partial charge on any atom is 0.251 e. The summed E-state index contributed by atoms with van der Waals surface area (Å²) in [6.45, 7) is 16.4. The molecule has 0 bridgehead atoms. The maximum absolute atomic E-state index is 12.0. The van der Waals surface area contributed by atoms with E-state index in [4.69, 9.17) is 0 Å². The molecule has 1 aromatic carbocycles. The molecule has 0 radical (unpaired) electrons. The zero-order chi connectivity index (χ0) is 21.3. The van der Waals surface area contributed by atoms with Crippen molar-refractivity contribution in [2.24, 2.45) is 11.3 Å². The Labute approximate surface area is 179 Å². The SMILES string of the molecule is C=C(CC(C)(C)C)N1CCC(CCCCc2ccc(C(=O)NCCC)cc2)CC1. The highest BCUT2D eigenvalue weighted by Crippen LogP contribution is 2.29. The third kappa shape index (κ3) is 8.64. The Bertz CT molecular complexity index is 634. The van der Waals surface area contributed by atoms with Gasteiger partial charge < -0.3 is 10.2 Å². The lowest BCUT2D eigenvalue weighted by Crippen LogP contribution is -2.34. The third-order valence-corrected chi connectivity index (χ3v) is 5.88. The number of carbonyl (C=O) groups is 1. The van der Waals surface area contributed by atoms with Gasteiger partial charge in [-0.25, -0.2) is 0 Å². The number of nitrogens with one attached hydrogen (secondary N) is 1. The van der Waals surface area contributed by atoms with Crippen molar-refractivity contribution in [1.82, 2.24) is 10.2 Å². The van der Waals surface area contributed by atoms with Crippen LogP contribution in [0.3, 0.4) is 0 Å². The van der Waals surface area contributed by atoms with Gasteiger partial charge in [0.1, 0.15) is 0 Å². The van der Waals surface area contributed by atoms with Crippen molar-refractivity contribution in [2.75, 3.05) is 19.6 Å². The number of aryl methyl sites for hydroxylation is 1. The number of hydrogen-bond acceptors (Lipinski definition) is 2. The lowest BCUT2D eigenvalue weighted by molar-refractivity contribution is 0.0953. The Kier molecular flexibility index (Phi) is 9.26. The highest BCUT2D eigenvalue weighted by Gasteiger charge is 2.22. The second-order valence-electron chi connectivity index (χ2n) is 9.93. The fraction of sp³-hybridized carbons (Fsp3) is 0.654. The Balaban J connectivity index is 1.62. The number of allylic oxidation sites excluding steroid dienone is 1. The Hall–Kier alpha value is -1.77.